The molecule has 0 spiro atoms. The van der Waals surface area contributed by atoms with Gasteiger partial charge in [0.25, 0.3) is 0 Å². The number of rotatable bonds is 14. The minimum atomic E-state index is -4.60. The van der Waals surface area contributed by atoms with Gasteiger partial charge < -0.3 is 9.55 Å². The molecule has 0 aliphatic rings. The number of halogens is 3. The van der Waals surface area contributed by atoms with E-state index in [0.29, 0.717) is 11.5 Å². The van der Waals surface area contributed by atoms with Crippen LogP contribution in [0.15, 0.2) is 47.3 Å². The maximum atomic E-state index is 13.9. The van der Waals surface area contributed by atoms with Crippen LogP contribution in [0.5, 0.6) is 0 Å². The van der Waals surface area contributed by atoms with Crippen LogP contribution in [0, 0.1) is 6.92 Å². The number of pyridine rings is 1. The molecule has 0 aliphatic carbocycles. The number of unbranched alkanes of at least 4 members (excludes halogenated alkanes) is 6. The lowest BCUT2D eigenvalue weighted by Crippen LogP contribution is -2.14. The van der Waals surface area contributed by atoms with Crippen molar-refractivity contribution >= 4 is 46.2 Å². The maximum Gasteiger partial charge on any atom is 0.417 e. The van der Waals surface area contributed by atoms with Crippen molar-refractivity contribution in [2.45, 2.75) is 89.4 Å². The minimum Gasteiger partial charge on any atom is -0.344 e. The Balaban J connectivity index is 1.27. The Labute approximate surface area is 244 Å². The zero-order valence-corrected chi connectivity index (χ0v) is 25.1. The molecule has 216 valence electrons. The van der Waals surface area contributed by atoms with Crippen molar-refractivity contribution in [3.63, 3.8) is 0 Å². The molecule has 0 bridgehead atoms. The van der Waals surface area contributed by atoms with E-state index in [1.54, 1.807) is 6.07 Å². The summed E-state index contributed by atoms with van der Waals surface area (Å²) >= 11 is 6.30. The maximum absolute atomic E-state index is 13.9. The lowest BCUT2D eigenvalue weighted by atomic mass is 10.0. The number of thioether (sulfide) groups is 1. The Morgan fingerprint density at radius 3 is 2.20 bits per heavy atom. The van der Waals surface area contributed by atoms with Gasteiger partial charge in [-0.2, -0.15) is 37.6 Å². The van der Waals surface area contributed by atoms with Gasteiger partial charge >= 0.3 is 6.18 Å². The summed E-state index contributed by atoms with van der Waals surface area (Å²) in [7, 11) is 0. The number of nitrogens with zero attached hydrogens (tertiary/aromatic N) is 1. The number of aromatic amines is 1. The molecule has 2 heterocycles. The highest BCUT2D eigenvalue weighted by Gasteiger charge is 2.34. The Hall–Kier alpha value is -2.32. The molecule has 2 aromatic heterocycles. The molecule has 40 heavy (non-hydrogen) atoms. The fourth-order valence-electron chi connectivity index (χ4n) is 5.67. The molecule has 3 nitrogen and oxygen atoms in total. The molecule has 0 saturated heterocycles. The second kappa shape index (κ2) is 14.0. The van der Waals surface area contributed by atoms with E-state index in [2.05, 4.69) is 46.4 Å². The van der Waals surface area contributed by atoms with Crippen molar-refractivity contribution in [3.8, 4) is 0 Å². The standard InChI is InChI=1S/C32H39F3N2OS2/c1-3-27-22(2)30-28(16-15-26-31(30)25(32(33,34)35)19-29(38)36-26)37(27)17-9-7-5-4-6-8-10-18-40-21-24-13-11-23(20-39)12-14-24/h11-16,19,39H,3-10,17-18,20-21H2,1-2H3,(H,36,38). The van der Waals surface area contributed by atoms with Crippen molar-refractivity contribution in [1.82, 2.24) is 9.55 Å². The van der Waals surface area contributed by atoms with E-state index >= 15 is 0 Å². The van der Waals surface area contributed by atoms with Gasteiger partial charge in [0.1, 0.15) is 0 Å². The van der Waals surface area contributed by atoms with Crippen molar-refractivity contribution in [1.29, 1.82) is 0 Å². The number of benzene rings is 2. The van der Waals surface area contributed by atoms with Crippen LogP contribution in [-0.2, 0) is 30.6 Å². The van der Waals surface area contributed by atoms with Crippen LogP contribution in [0.25, 0.3) is 21.8 Å². The quantitative estimate of drug-likeness (QED) is 0.114. The molecule has 0 aliphatic heterocycles. The Morgan fingerprint density at radius 2 is 1.55 bits per heavy atom. The van der Waals surface area contributed by atoms with Crippen molar-refractivity contribution in [3.05, 3.63) is 80.8 Å². The summed E-state index contributed by atoms with van der Waals surface area (Å²) in [4.78, 5) is 14.5. The molecule has 0 radical (unpaired) electrons. The number of hydrogen-bond donors (Lipinski definition) is 2. The first-order valence-corrected chi connectivity index (χ1v) is 16.0. The Morgan fingerprint density at radius 1 is 0.900 bits per heavy atom. The topological polar surface area (TPSA) is 37.8 Å². The first kappa shape index (κ1) is 30.6. The number of hydrogen-bond acceptors (Lipinski definition) is 3. The lowest BCUT2D eigenvalue weighted by molar-refractivity contribution is -0.136. The highest BCUT2D eigenvalue weighted by Crippen LogP contribution is 2.39. The van der Waals surface area contributed by atoms with Gasteiger partial charge in [-0.05, 0) is 60.8 Å². The molecule has 0 fully saturated rings. The molecular weight excluding hydrogens is 549 g/mol. The number of aryl methyl sites for hydroxylation is 2. The number of aromatic nitrogens is 2. The summed E-state index contributed by atoms with van der Waals surface area (Å²) in [5.74, 6) is 3.03. The third kappa shape index (κ3) is 7.30. The number of nitrogens with one attached hydrogen (secondary N) is 1. The van der Waals surface area contributed by atoms with Gasteiger partial charge in [0, 0.05) is 51.6 Å². The predicted octanol–water partition coefficient (Wildman–Crippen LogP) is 9.47. The first-order chi connectivity index (χ1) is 19.2. The molecule has 0 atom stereocenters. The molecule has 8 heteroatoms. The molecule has 1 N–H and O–H groups in total. The molecule has 0 amide bonds. The van der Waals surface area contributed by atoms with Gasteiger partial charge in [-0.25, -0.2) is 0 Å². The Bertz CT molecular complexity index is 1470. The van der Waals surface area contributed by atoms with Crippen LogP contribution in [0.2, 0.25) is 0 Å². The summed E-state index contributed by atoms with van der Waals surface area (Å²) in [5.41, 5.74) is 4.02. The first-order valence-electron chi connectivity index (χ1n) is 14.3. The number of alkyl halides is 3. The van der Waals surface area contributed by atoms with E-state index < -0.39 is 17.3 Å². The third-order valence-corrected chi connectivity index (χ3v) is 9.18. The smallest absolute Gasteiger partial charge is 0.344 e. The normalized spacial score (nSPS) is 12.2. The fourth-order valence-corrected chi connectivity index (χ4v) is 6.86. The molecular formula is C32H39F3N2OS2. The SMILES string of the molecule is CCc1c(C)c2c3c(C(F)(F)F)cc(=O)[nH]c3ccc2n1CCCCCCCCCSCc1ccc(CS)cc1. The van der Waals surface area contributed by atoms with Crippen molar-refractivity contribution < 1.29 is 13.2 Å². The van der Waals surface area contributed by atoms with Gasteiger partial charge in [-0.15, -0.1) is 0 Å². The van der Waals surface area contributed by atoms with Crippen LogP contribution >= 0.6 is 24.4 Å². The summed E-state index contributed by atoms with van der Waals surface area (Å²) < 4.78 is 43.9. The largest absolute Gasteiger partial charge is 0.417 e. The van der Waals surface area contributed by atoms with E-state index in [9.17, 15) is 18.0 Å². The molecule has 0 saturated carbocycles. The zero-order chi connectivity index (χ0) is 28.7. The van der Waals surface area contributed by atoms with E-state index in [1.165, 1.54) is 49.0 Å². The average molecular weight is 589 g/mol. The summed E-state index contributed by atoms with van der Waals surface area (Å²) in [5, 5.41) is 0.700. The summed E-state index contributed by atoms with van der Waals surface area (Å²) in [6.45, 7) is 4.74. The minimum absolute atomic E-state index is 0.0973. The van der Waals surface area contributed by atoms with E-state index in [0.717, 1.165) is 54.1 Å². The summed E-state index contributed by atoms with van der Waals surface area (Å²) in [6, 6.07) is 12.9. The van der Waals surface area contributed by atoms with Gasteiger partial charge in [-0.3, -0.25) is 4.79 Å². The second-order valence-electron chi connectivity index (χ2n) is 10.5. The third-order valence-electron chi connectivity index (χ3n) is 7.70. The molecule has 4 aromatic rings. The number of H-pyrrole nitrogens is 1. The highest BCUT2D eigenvalue weighted by molar-refractivity contribution is 7.98. The highest BCUT2D eigenvalue weighted by atomic mass is 32.2. The average Bonchev–Trinajstić information content (AvgIpc) is 3.21. The second-order valence-corrected chi connectivity index (χ2v) is 11.9. The van der Waals surface area contributed by atoms with Crippen molar-refractivity contribution in [2.75, 3.05) is 5.75 Å². The fraction of sp³-hybridized carbons (Fsp3) is 0.469. The number of thiol groups is 1. The van der Waals surface area contributed by atoms with Gasteiger partial charge in [-0.1, -0.05) is 63.3 Å². The molecule has 4 rings (SSSR count). The van der Waals surface area contributed by atoms with Gasteiger partial charge in [0.2, 0.25) is 5.56 Å². The zero-order valence-electron chi connectivity index (χ0n) is 23.4. The number of fused-ring (bicyclic) bond motifs is 3. The van der Waals surface area contributed by atoms with Crippen LogP contribution in [0.1, 0.15) is 79.8 Å². The van der Waals surface area contributed by atoms with Crippen LogP contribution < -0.4 is 5.56 Å². The predicted molar refractivity (Wildman–Crippen MR) is 167 cm³/mol. The van der Waals surface area contributed by atoms with Crippen molar-refractivity contribution in [2.24, 2.45) is 0 Å². The summed E-state index contributed by atoms with van der Waals surface area (Å²) in [6.07, 6.45) is 4.37. The van der Waals surface area contributed by atoms with Crippen LogP contribution in [-0.4, -0.2) is 15.3 Å². The van der Waals surface area contributed by atoms with E-state index in [-0.39, 0.29) is 10.9 Å². The van der Waals surface area contributed by atoms with Gasteiger partial charge in [0.05, 0.1) is 5.56 Å². The lowest BCUT2D eigenvalue weighted by Gasteiger charge is -2.12. The van der Waals surface area contributed by atoms with Gasteiger partial charge in [0.15, 0.2) is 0 Å². The molecule has 2 aromatic carbocycles. The van der Waals surface area contributed by atoms with Crippen LogP contribution in [0.4, 0.5) is 13.2 Å². The van der Waals surface area contributed by atoms with E-state index in [1.807, 2.05) is 31.7 Å². The monoisotopic (exact) mass is 588 g/mol. The Kier molecular flexibility index (Phi) is 10.7. The van der Waals surface area contributed by atoms with Crippen LogP contribution in [0.3, 0.4) is 0 Å². The molecule has 0 unspecified atom stereocenters. The van der Waals surface area contributed by atoms with E-state index in [4.69, 9.17) is 0 Å².